The van der Waals surface area contributed by atoms with E-state index in [2.05, 4.69) is 0 Å². The molecule has 1 aromatic heterocycles. The summed E-state index contributed by atoms with van der Waals surface area (Å²) in [6.07, 6.45) is 1.16. The fourth-order valence-corrected chi connectivity index (χ4v) is 3.88. The zero-order chi connectivity index (χ0) is 15.9. The number of nitrogens with zero attached hydrogens (tertiary/aromatic N) is 1. The van der Waals surface area contributed by atoms with Crippen molar-refractivity contribution in [2.75, 3.05) is 0 Å². The topological polar surface area (TPSA) is 76.4 Å². The first-order valence-electron chi connectivity index (χ1n) is 6.57. The second-order valence-corrected chi connectivity index (χ2v) is 6.80. The number of benzene rings is 2. The summed E-state index contributed by atoms with van der Waals surface area (Å²) in [6.45, 7) is 1.80. The molecule has 1 heterocycles. The van der Waals surface area contributed by atoms with Crippen molar-refractivity contribution in [2.45, 2.75) is 11.8 Å². The highest BCUT2D eigenvalue weighted by molar-refractivity contribution is 7.90. The molecule has 0 aliphatic carbocycles. The predicted octanol–water partition coefficient (Wildman–Crippen LogP) is 2.88. The lowest BCUT2D eigenvalue weighted by Gasteiger charge is -2.08. The molecule has 22 heavy (non-hydrogen) atoms. The van der Waals surface area contributed by atoms with Gasteiger partial charge in [-0.1, -0.05) is 30.3 Å². The maximum absolute atomic E-state index is 12.8. The number of aryl methyl sites for hydroxylation is 1. The number of hydrogen-bond acceptors (Lipinski definition) is 3. The Balaban J connectivity index is 2.33. The number of carboxylic acids is 1. The van der Waals surface area contributed by atoms with Crippen LogP contribution in [0.3, 0.4) is 0 Å². The van der Waals surface area contributed by atoms with Gasteiger partial charge in [-0.05, 0) is 30.7 Å². The van der Waals surface area contributed by atoms with Gasteiger partial charge in [0.25, 0.3) is 10.0 Å². The molecule has 0 saturated heterocycles. The number of hydrogen-bond donors (Lipinski definition) is 1. The lowest BCUT2D eigenvalue weighted by molar-refractivity contribution is 0.0699. The van der Waals surface area contributed by atoms with Crippen molar-refractivity contribution in [1.29, 1.82) is 0 Å². The first kappa shape index (κ1) is 14.3. The summed E-state index contributed by atoms with van der Waals surface area (Å²) in [6, 6.07) is 13.1. The highest BCUT2D eigenvalue weighted by Gasteiger charge is 2.23. The normalized spacial score (nSPS) is 11.7. The van der Waals surface area contributed by atoms with Gasteiger partial charge in [-0.2, -0.15) is 0 Å². The van der Waals surface area contributed by atoms with E-state index < -0.39 is 16.0 Å². The number of aromatic carboxylic acids is 1. The van der Waals surface area contributed by atoms with Gasteiger partial charge < -0.3 is 5.11 Å². The van der Waals surface area contributed by atoms with Crippen LogP contribution in [0, 0.1) is 6.92 Å². The second kappa shape index (κ2) is 4.99. The number of para-hydroxylation sites is 1. The van der Waals surface area contributed by atoms with Crippen LogP contribution in [0.1, 0.15) is 15.9 Å². The van der Waals surface area contributed by atoms with Crippen LogP contribution in [-0.4, -0.2) is 23.5 Å². The Hall–Kier alpha value is -2.60. The molecule has 3 aromatic rings. The number of fused-ring (bicyclic) bond motifs is 1. The predicted molar refractivity (Wildman–Crippen MR) is 82.7 cm³/mol. The van der Waals surface area contributed by atoms with E-state index in [1.54, 1.807) is 49.4 Å². The first-order valence-corrected chi connectivity index (χ1v) is 8.01. The SMILES string of the molecule is Cc1cccc(S(=O)(=O)n2cc(C(=O)O)c3ccccc32)c1. The third-order valence-corrected chi connectivity index (χ3v) is 5.12. The van der Waals surface area contributed by atoms with E-state index in [0.717, 1.165) is 15.7 Å². The molecule has 0 fully saturated rings. The lowest BCUT2D eigenvalue weighted by atomic mass is 10.2. The summed E-state index contributed by atoms with van der Waals surface area (Å²) in [5.74, 6) is -1.16. The summed E-state index contributed by atoms with van der Waals surface area (Å²) in [7, 11) is -3.85. The fraction of sp³-hybridized carbons (Fsp3) is 0.0625. The van der Waals surface area contributed by atoms with Crippen LogP contribution in [0.2, 0.25) is 0 Å². The Labute approximate surface area is 127 Å². The molecule has 0 aliphatic heterocycles. The second-order valence-electron chi connectivity index (χ2n) is 4.98. The Morgan fingerprint density at radius 3 is 2.50 bits per heavy atom. The molecule has 0 atom stereocenters. The molecular weight excluding hydrogens is 302 g/mol. The smallest absolute Gasteiger partial charge is 0.337 e. The fourth-order valence-electron chi connectivity index (χ4n) is 2.41. The molecule has 0 unspecified atom stereocenters. The molecule has 5 nitrogen and oxygen atoms in total. The zero-order valence-corrected chi connectivity index (χ0v) is 12.5. The van der Waals surface area contributed by atoms with Crippen molar-refractivity contribution in [3.05, 3.63) is 65.9 Å². The van der Waals surface area contributed by atoms with Crippen molar-refractivity contribution in [2.24, 2.45) is 0 Å². The monoisotopic (exact) mass is 315 g/mol. The van der Waals surface area contributed by atoms with Gasteiger partial charge in [-0.15, -0.1) is 0 Å². The van der Waals surface area contributed by atoms with E-state index in [9.17, 15) is 18.3 Å². The minimum Gasteiger partial charge on any atom is -0.478 e. The van der Waals surface area contributed by atoms with Gasteiger partial charge in [0, 0.05) is 11.6 Å². The van der Waals surface area contributed by atoms with Crippen LogP contribution in [0.15, 0.2) is 59.6 Å². The molecule has 6 heteroatoms. The van der Waals surface area contributed by atoms with Crippen LogP contribution in [-0.2, 0) is 10.0 Å². The Bertz CT molecular complexity index is 986. The highest BCUT2D eigenvalue weighted by Crippen LogP contribution is 2.26. The summed E-state index contributed by atoms with van der Waals surface area (Å²) in [5, 5.41) is 9.66. The number of carboxylic acid groups (broad SMARTS) is 1. The Kier molecular flexibility index (Phi) is 3.26. The standard InChI is InChI=1S/C16H13NO4S/c1-11-5-4-6-12(9-11)22(20,21)17-10-14(16(18)19)13-7-2-3-8-15(13)17/h2-10H,1H3,(H,18,19). The van der Waals surface area contributed by atoms with Gasteiger partial charge in [0.05, 0.1) is 16.0 Å². The van der Waals surface area contributed by atoms with Crippen molar-refractivity contribution in [1.82, 2.24) is 3.97 Å². The average molecular weight is 315 g/mol. The summed E-state index contributed by atoms with van der Waals surface area (Å²) >= 11 is 0. The summed E-state index contributed by atoms with van der Waals surface area (Å²) in [5.41, 5.74) is 1.13. The molecular formula is C16H13NO4S. The molecule has 0 amide bonds. The third-order valence-electron chi connectivity index (χ3n) is 3.45. The number of carbonyl (C=O) groups is 1. The van der Waals surface area contributed by atoms with Crippen LogP contribution in [0.25, 0.3) is 10.9 Å². The van der Waals surface area contributed by atoms with Gasteiger partial charge in [-0.25, -0.2) is 17.2 Å². The molecule has 1 N–H and O–H groups in total. The molecule has 0 saturated carbocycles. The van der Waals surface area contributed by atoms with Crippen molar-refractivity contribution in [3.63, 3.8) is 0 Å². The van der Waals surface area contributed by atoms with E-state index >= 15 is 0 Å². The van der Waals surface area contributed by atoms with E-state index in [4.69, 9.17) is 0 Å². The van der Waals surface area contributed by atoms with E-state index in [1.165, 1.54) is 6.07 Å². The molecule has 0 spiro atoms. The molecule has 112 valence electrons. The minimum atomic E-state index is -3.85. The van der Waals surface area contributed by atoms with E-state index in [0.29, 0.717) is 10.9 Å². The Morgan fingerprint density at radius 2 is 1.82 bits per heavy atom. The van der Waals surface area contributed by atoms with Gasteiger partial charge in [-0.3, -0.25) is 0 Å². The third kappa shape index (κ3) is 2.17. The summed E-state index contributed by atoms with van der Waals surface area (Å²) < 4.78 is 26.6. The van der Waals surface area contributed by atoms with Crippen molar-refractivity contribution >= 4 is 26.9 Å². The molecule has 0 bridgehead atoms. The average Bonchev–Trinajstić information content (AvgIpc) is 2.87. The van der Waals surface area contributed by atoms with Crippen LogP contribution < -0.4 is 0 Å². The summed E-state index contributed by atoms with van der Waals surface area (Å²) in [4.78, 5) is 11.5. The van der Waals surface area contributed by atoms with Gasteiger partial charge in [0.1, 0.15) is 0 Å². The van der Waals surface area contributed by atoms with E-state index in [1.807, 2.05) is 0 Å². The quantitative estimate of drug-likeness (QED) is 0.806. The lowest BCUT2D eigenvalue weighted by Crippen LogP contribution is -2.12. The van der Waals surface area contributed by atoms with Gasteiger partial charge >= 0.3 is 5.97 Å². The number of aromatic nitrogens is 1. The van der Waals surface area contributed by atoms with Gasteiger partial charge in [0.2, 0.25) is 0 Å². The first-order chi connectivity index (χ1) is 10.4. The van der Waals surface area contributed by atoms with Crippen LogP contribution in [0.5, 0.6) is 0 Å². The highest BCUT2D eigenvalue weighted by atomic mass is 32.2. The zero-order valence-electron chi connectivity index (χ0n) is 11.7. The van der Waals surface area contributed by atoms with Crippen LogP contribution >= 0.6 is 0 Å². The maximum Gasteiger partial charge on any atom is 0.337 e. The van der Waals surface area contributed by atoms with Gasteiger partial charge in [0.15, 0.2) is 0 Å². The molecule has 2 aromatic carbocycles. The molecule has 0 radical (unpaired) electrons. The Morgan fingerprint density at radius 1 is 1.09 bits per heavy atom. The van der Waals surface area contributed by atoms with Crippen molar-refractivity contribution in [3.8, 4) is 0 Å². The molecule has 0 aliphatic rings. The largest absolute Gasteiger partial charge is 0.478 e. The number of rotatable bonds is 3. The van der Waals surface area contributed by atoms with E-state index in [-0.39, 0.29) is 10.5 Å². The maximum atomic E-state index is 12.8. The minimum absolute atomic E-state index is 0.0353. The molecule has 3 rings (SSSR count). The van der Waals surface area contributed by atoms with Crippen LogP contribution in [0.4, 0.5) is 0 Å². The van der Waals surface area contributed by atoms with Crippen molar-refractivity contribution < 1.29 is 18.3 Å².